The quantitative estimate of drug-likeness (QED) is 0.806. The first-order chi connectivity index (χ1) is 8.32. The summed E-state index contributed by atoms with van der Waals surface area (Å²) >= 11 is 0. The Labute approximate surface area is 108 Å². The van der Waals surface area contributed by atoms with Crippen LogP contribution in [0.5, 0.6) is 0 Å². The van der Waals surface area contributed by atoms with Gasteiger partial charge in [0.2, 0.25) is 5.34 Å². The molecule has 0 bridgehead atoms. The summed E-state index contributed by atoms with van der Waals surface area (Å²) in [6.45, 7) is 5.82. The summed E-state index contributed by atoms with van der Waals surface area (Å²) in [4.78, 5) is 0. The summed E-state index contributed by atoms with van der Waals surface area (Å²) < 4.78 is 22.9. The number of nitrogens with one attached hydrogen (secondary N) is 1. The zero-order valence-corrected chi connectivity index (χ0v) is 12.1. The number of likely N-dealkylation sites (N-methyl/N-ethyl adjacent to an activating group) is 1. The van der Waals surface area contributed by atoms with E-state index in [1.165, 1.54) is 0 Å². The van der Waals surface area contributed by atoms with Crippen molar-refractivity contribution < 1.29 is 14.2 Å². The third-order valence-corrected chi connectivity index (χ3v) is 3.99. The lowest BCUT2D eigenvalue weighted by Gasteiger charge is -2.25. The fourth-order valence-corrected chi connectivity index (χ4v) is 2.70. The molecule has 4 nitrogen and oxygen atoms in total. The summed E-state index contributed by atoms with van der Waals surface area (Å²) in [5.41, 5.74) is 2.27. The van der Waals surface area contributed by atoms with Gasteiger partial charge in [0.25, 0.3) is 0 Å². The molecule has 0 radical (unpaired) electrons. The molecule has 1 aromatic carbocycles. The number of rotatable bonds is 5. The Bertz CT molecular complexity index is 489. The second kappa shape index (κ2) is 5.79. The highest BCUT2D eigenvalue weighted by atomic mass is 31.1. The van der Waals surface area contributed by atoms with E-state index in [1.54, 1.807) is 13.1 Å². The molecule has 0 spiro atoms. The molecule has 1 unspecified atom stereocenters. The van der Waals surface area contributed by atoms with E-state index in [1.807, 2.05) is 32.9 Å². The van der Waals surface area contributed by atoms with Gasteiger partial charge in [-0.15, -0.1) is 0 Å². The van der Waals surface area contributed by atoms with Gasteiger partial charge in [0, 0.05) is 12.1 Å². The molecule has 0 aromatic heterocycles. The normalized spacial score (nSPS) is 14.6. The Morgan fingerprint density at radius 1 is 1.39 bits per heavy atom. The molecule has 0 heterocycles. The summed E-state index contributed by atoms with van der Waals surface area (Å²) in [6.07, 6.45) is 0. The van der Waals surface area contributed by atoms with Crippen LogP contribution in [0.3, 0.4) is 0 Å². The predicted molar refractivity (Wildman–Crippen MR) is 71.4 cm³/mol. The van der Waals surface area contributed by atoms with Crippen LogP contribution < -0.4 is 5.32 Å². The Hall–Kier alpha value is -0.960. The first kappa shape index (κ1) is 15.1. The summed E-state index contributed by atoms with van der Waals surface area (Å²) in [5, 5.41) is 11.3. The highest BCUT2D eigenvalue weighted by Gasteiger charge is 2.37. The van der Waals surface area contributed by atoms with E-state index in [0.29, 0.717) is 5.56 Å². The van der Waals surface area contributed by atoms with Gasteiger partial charge in [0.1, 0.15) is 0 Å². The van der Waals surface area contributed by atoms with Crippen LogP contribution in [-0.4, -0.2) is 18.7 Å². The molecule has 0 fully saturated rings. The predicted octanol–water partition coefficient (Wildman–Crippen LogP) is 2.66. The molecule has 100 valence electrons. The molecule has 2 N–H and O–H groups in total. The Morgan fingerprint density at radius 2 is 2.00 bits per heavy atom. The lowest BCUT2D eigenvalue weighted by Crippen LogP contribution is -2.33. The molecule has 5 heteroatoms. The maximum Gasteiger partial charge on any atom is 0.354 e. The number of benzene rings is 1. The average Bonchev–Trinajstić information content (AvgIpc) is 2.28. The van der Waals surface area contributed by atoms with E-state index in [2.05, 4.69) is 5.32 Å². The molecule has 18 heavy (non-hydrogen) atoms. The third-order valence-electron chi connectivity index (χ3n) is 2.99. The van der Waals surface area contributed by atoms with Gasteiger partial charge in [-0.25, -0.2) is 9.13 Å². The zero-order valence-electron chi connectivity index (χ0n) is 11.2. The Balaban J connectivity index is 3.48. The SMILES string of the molecule is CNCC(O)(c1cc(C)ccc1C(C)C)P(=O)=O. The molecule has 0 aliphatic heterocycles. The minimum absolute atomic E-state index is 0.0190. The van der Waals surface area contributed by atoms with Crippen LogP contribution in [0.1, 0.15) is 36.5 Å². The van der Waals surface area contributed by atoms with Gasteiger partial charge in [-0.3, -0.25) is 0 Å². The minimum atomic E-state index is -2.99. The van der Waals surface area contributed by atoms with Gasteiger partial charge >= 0.3 is 7.68 Å². The monoisotopic (exact) mass is 269 g/mol. The second-order valence-electron chi connectivity index (χ2n) is 4.85. The van der Waals surface area contributed by atoms with Crippen LogP contribution in [-0.2, 0) is 14.5 Å². The smallest absolute Gasteiger partial charge is 0.354 e. The van der Waals surface area contributed by atoms with Crippen molar-refractivity contribution in [2.75, 3.05) is 13.6 Å². The number of hydrogen-bond donors (Lipinski definition) is 2. The molecule has 1 rings (SSSR count). The van der Waals surface area contributed by atoms with Gasteiger partial charge in [-0.05, 0) is 25.5 Å². The zero-order chi connectivity index (χ0) is 13.9. The van der Waals surface area contributed by atoms with Crippen molar-refractivity contribution in [2.45, 2.75) is 32.0 Å². The average molecular weight is 269 g/mol. The maximum atomic E-state index is 11.4. The molecule has 1 aromatic rings. The van der Waals surface area contributed by atoms with E-state index in [-0.39, 0.29) is 12.5 Å². The van der Waals surface area contributed by atoms with Crippen molar-refractivity contribution in [3.63, 3.8) is 0 Å². The van der Waals surface area contributed by atoms with Crippen LogP contribution in [0.4, 0.5) is 0 Å². The third kappa shape index (κ3) is 2.89. The fraction of sp³-hybridized carbons (Fsp3) is 0.538. The number of hydrogen-bond acceptors (Lipinski definition) is 4. The van der Waals surface area contributed by atoms with Gasteiger partial charge < -0.3 is 10.4 Å². The number of aryl methyl sites for hydroxylation is 1. The molecular weight excluding hydrogens is 249 g/mol. The van der Waals surface area contributed by atoms with Gasteiger partial charge in [-0.1, -0.05) is 37.6 Å². The first-order valence-electron chi connectivity index (χ1n) is 5.95. The summed E-state index contributed by atoms with van der Waals surface area (Å²) in [6, 6.07) is 5.56. The molecule has 0 aliphatic carbocycles. The maximum absolute atomic E-state index is 11.4. The highest BCUT2D eigenvalue weighted by molar-refractivity contribution is 7.32. The minimum Gasteiger partial charge on any atom is -0.370 e. The van der Waals surface area contributed by atoms with E-state index >= 15 is 0 Å². The van der Waals surface area contributed by atoms with Gasteiger partial charge in [-0.2, -0.15) is 0 Å². The molecule has 0 saturated heterocycles. The highest BCUT2D eigenvalue weighted by Crippen LogP contribution is 2.40. The van der Waals surface area contributed by atoms with Gasteiger partial charge in [0.15, 0.2) is 0 Å². The van der Waals surface area contributed by atoms with E-state index in [0.717, 1.165) is 11.1 Å². The van der Waals surface area contributed by atoms with Gasteiger partial charge in [0.05, 0.1) is 0 Å². The fourth-order valence-electron chi connectivity index (χ4n) is 2.02. The van der Waals surface area contributed by atoms with Crippen molar-refractivity contribution in [1.29, 1.82) is 0 Å². The first-order valence-corrected chi connectivity index (χ1v) is 7.13. The second-order valence-corrected chi connectivity index (χ2v) is 6.10. The number of aliphatic hydroxyl groups is 1. The van der Waals surface area contributed by atoms with E-state index < -0.39 is 13.0 Å². The molecule has 0 aliphatic rings. The molecule has 0 saturated carbocycles. The van der Waals surface area contributed by atoms with Crippen LogP contribution in [0, 0.1) is 6.92 Å². The molecular formula is C13H20NO3P. The Morgan fingerprint density at radius 3 is 2.44 bits per heavy atom. The topological polar surface area (TPSA) is 66.4 Å². The van der Waals surface area contributed by atoms with Crippen molar-refractivity contribution in [2.24, 2.45) is 0 Å². The largest absolute Gasteiger partial charge is 0.370 e. The summed E-state index contributed by atoms with van der Waals surface area (Å²) in [5.74, 6) is 0.152. The molecule has 1 atom stereocenters. The van der Waals surface area contributed by atoms with Crippen LogP contribution in [0.25, 0.3) is 0 Å². The van der Waals surface area contributed by atoms with Crippen molar-refractivity contribution >= 4 is 7.68 Å². The lowest BCUT2D eigenvalue weighted by molar-refractivity contribution is 0.121. The van der Waals surface area contributed by atoms with E-state index in [4.69, 9.17) is 0 Å². The lowest BCUT2D eigenvalue weighted by atomic mass is 9.92. The standard InChI is InChI=1S/C13H20NO3P/c1-9(2)11-6-5-10(3)7-12(11)13(15,8-14-4)18(16)17/h5-7,9,14-15H,8H2,1-4H3. The Kier molecular flexibility index (Phi) is 4.85. The van der Waals surface area contributed by atoms with E-state index in [9.17, 15) is 14.2 Å². The van der Waals surface area contributed by atoms with Crippen molar-refractivity contribution in [3.8, 4) is 0 Å². The van der Waals surface area contributed by atoms with Crippen molar-refractivity contribution in [1.82, 2.24) is 5.32 Å². The molecule has 0 amide bonds. The van der Waals surface area contributed by atoms with Crippen LogP contribution in [0.15, 0.2) is 18.2 Å². The van der Waals surface area contributed by atoms with Crippen LogP contribution >= 0.6 is 7.68 Å². The van der Waals surface area contributed by atoms with Crippen molar-refractivity contribution in [3.05, 3.63) is 34.9 Å². The summed E-state index contributed by atoms with van der Waals surface area (Å²) in [7, 11) is -1.37. The van der Waals surface area contributed by atoms with Crippen LogP contribution in [0.2, 0.25) is 0 Å².